The van der Waals surface area contributed by atoms with Crippen LogP contribution < -0.4 is 9.64 Å². The Bertz CT molecular complexity index is 1270. The zero-order chi connectivity index (χ0) is 23.2. The number of ether oxygens (including phenoxy) is 1. The number of aryl methyl sites for hydroxylation is 4. The maximum Gasteiger partial charge on any atom is 0.300 e. The van der Waals surface area contributed by atoms with Crippen molar-refractivity contribution in [3.05, 3.63) is 86.1 Å². The number of Topliss-reactive ketones (excluding diaryl/α,β-unsaturated/α-hetero) is 1. The van der Waals surface area contributed by atoms with Crippen molar-refractivity contribution in [2.24, 2.45) is 0 Å². The Morgan fingerprint density at radius 2 is 1.69 bits per heavy atom. The first kappa shape index (κ1) is 21.8. The number of amides is 1. The lowest BCUT2D eigenvalue weighted by Gasteiger charge is -2.25. The molecule has 0 radical (unpaired) electrons. The van der Waals surface area contributed by atoms with Crippen molar-refractivity contribution in [2.75, 3.05) is 12.0 Å². The van der Waals surface area contributed by atoms with Gasteiger partial charge in [-0.2, -0.15) is 0 Å². The maximum atomic E-state index is 13.3. The predicted molar refractivity (Wildman–Crippen MR) is 127 cm³/mol. The fourth-order valence-corrected chi connectivity index (χ4v) is 5.09. The van der Waals surface area contributed by atoms with E-state index in [0.717, 1.165) is 27.1 Å². The van der Waals surface area contributed by atoms with Crippen LogP contribution in [-0.2, 0) is 9.59 Å². The Labute approximate surface area is 191 Å². The summed E-state index contributed by atoms with van der Waals surface area (Å²) in [5.41, 5.74) is 5.12. The van der Waals surface area contributed by atoms with E-state index in [9.17, 15) is 14.7 Å². The van der Waals surface area contributed by atoms with Crippen LogP contribution in [0.1, 0.15) is 38.7 Å². The SMILES string of the molecule is COc1ccc(/C(O)=C2/C(=O)C(=O)N(c3ccc(C)c(C)c3)C2c2sccc2C)cc1C. The normalized spacial score (nSPS) is 17.8. The first-order valence-corrected chi connectivity index (χ1v) is 11.2. The van der Waals surface area contributed by atoms with Gasteiger partial charge in [-0.05, 0) is 91.7 Å². The fraction of sp³-hybridized carbons (Fsp3) is 0.231. The third kappa shape index (κ3) is 3.50. The number of methoxy groups -OCH3 is 1. The molecule has 32 heavy (non-hydrogen) atoms. The molecule has 1 saturated heterocycles. The minimum absolute atomic E-state index is 0.100. The largest absolute Gasteiger partial charge is 0.507 e. The molecule has 1 N–H and O–H groups in total. The quantitative estimate of drug-likeness (QED) is 0.320. The topological polar surface area (TPSA) is 66.8 Å². The molecular weight excluding hydrogens is 422 g/mol. The second kappa shape index (κ2) is 8.28. The Hall–Kier alpha value is -3.38. The van der Waals surface area contributed by atoms with Gasteiger partial charge in [-0.15, -0.1) is 11.3 Å². The molecule has 1 aliphatic rings. The van der Waals surface area contributed by atoms with Crippen molar-refractivity contribution in [2.45, 2.75) is 33.7 Å². The van der Waals surface area contributed by atoms with Crippen LogP contribution in [0.3, 0.4) is 0 Å². The highest BCUT2D eigenvalue weighted by molar-refractivity contribution is 7.10. The molecule has 3 aromatic rings. The van der Waals surface area contributed by atoms with E-state index in [1.165, 1.54) is 16.2 Å². The standard InChI is InChI=1S/C26H25NO4S/c1-14-6-8-19(13-16(14)3)27-22(25-15(2)10-11-32-25)21(24(29)26(27)30)23(28)18-7-9-20(31-5)17(4)12-18/h6-13,22,28H,1-5H3/b23-21-. The molecule has 0 saturated carbocycles. The summed E-state index contributed by atoms with van der Waals surface area (Å²) < 4.78 is 5.31. The fourth-order valence-electron chi connectivity index (χ4n) is 4.07. The van der Waals surface area contributed by atoms with Gasteiger partial charge >= 0.3 is 0 Å². The molecule has 2 heterocycles. The number of carbonyl (C=O) groups is 2. The predicted octanol–water partition coefficient (Wildman–Crippen LogP) is 5.62. The van der Waals surface area contributed by atoms with Crippen LogP contribution in [0.25, 0.3) is 5.76 Å². The molecular formula is C26H25NO4S. The minimum Gasteiger partial charge on any atom is -0.507 e. The highest BCUT2D eigenvalue weighted by Crippen LogP contribution is 2.45. The molecule has 5 nitrogen and oxygen atoms in total. The Morgan fingerprint density at radius 1 is 0.938 bits per heavy atom. The van der Waals surface area contributed by atoms with E-state index in [4.69, 9.17) is 4.74 Å². The van der Waals surface area contributed by atoms with Crippen LogP contribution >= 0.6 is 11.3 Å². The minimum atomic E-state index is -0.695. The lowest BCUT2D eigenvalue weighted by molar-refractivity contribution is -0.132. The molecule has 0 bridgehead atoms. The zero-order valence-electron chi connectivity index (χ0n) is 18.7. The molecule has 164 valence electrons. The molecule has 6 heteroatoms. The van der Waals surface area contributed by atoms with Gasteiger partial charge in [0.25, 0.3) is 11.7 Å². The number of benzene rings is 2. The number of ketones is 1. The van der Waals surface area contributed by atoms with Crippen molar-refractivity contribution in [3.63, 3.8) is 0 Å². The molecule has 4 rings (SSSR count). The molecule has 2 aromatic carbocycles. The Morgan fingerprint density at radius 3 is 2.28 bits per heavy atom. The Kier molecular flexibility index (Phi) is 5.65. The van der Waals surface area contributed by atoms with Crippen LogP contribution in [0.2, 0.25) is 0 Å². The van der Waals surface area contributed by atoms with Gasteiger partial charge in [0.15, 0.2) is 0 Å². The maximum absolute atomic E-state index is 13.3. The van der Waals surface area contributed by atoms with E-state index in [-0.39, 0.29) is 11.3 Å². The van der Waals surface area contributed by atoms with E-state index in [0.29, 0.717) is 17.0 Å². The van der Waals surface area contributed by atoms with Gasteiger partial charge in [-0.25, -0.2) is 0 Å². The monoisotopic (exact) mass is 447 g/mol. The number of aliphatic hydroxyl groups excluding tert-OH is 1. The smallest absolute Gasteiger partial charge is 0.300 e. The van der Waals surface area contributed by atoms with E-state index in [2.05, 4.69) is 0 Å². The molecule has 1 atom stereocenters. The molecule has 1 fully saturated rings. The van der Waals surface area contributed by atoms with Gasteiger partial charge in [0.2, 0.25) is 0 Å². The van der Waals surface area contributed by atoms with Crippen molar-refractivity contribution in [1.29, 1.82) is 0 Å². The number of thiophene rings is 1. The van der Waals surface area contributed by atoms with Gasteiger partial charge in [0.1, 0.15) is 17.6 Å². The lowest BCUT2D eigenvalue weighted by Crippen LogP contribution is -2.29. The number of hydrogen-bond acceptors (Lipinski definition) is 5. The van der Waals surface area contributed by atoms with E-state index in [1.807, 2.05) is 57.3 Å². The van der Waals surface area contributed by atoms with Crippen LogP contribution in [0, 0.1) is 27.7 Å². The highest BCUT2D eigenvalue weighted by atomic mass is 32.1. The average Bonchev–Trinajstić information content (AvgIpc) is 3.30. The van der Waals surface area contributed by atoms with Crippen LogP contribution in [0.5, 0.6) is 5.75 Å². The van der Waals surface area contributed by atoms with E-state index < -0.39 is 17.7 Å². The second-order valence-corrected chi connectivity index (χ2v) is 9.04. The van der Waals surface area contributed by atoms with E-state index in [1.54, 1.807) is 25.3 Å². The van der Waals surface area contributed by atoms with Gasteiger partial charge < -0.3 is 9.84 Å². The molecule has 0 spiro atoms. The Balaban J connectivity index is 1.95. The second-order valence-electron chi connectivity index (χ2n) is 8.09. The van der Waals surface area contributed by atoms with Gasteiger partial charge in [-0.1, -0.05) is 6.07 Å². The summed E-state index contributed by atoms with van der Waals surface area (Å²) in [5, 5.41) is 13.2. The summed E-state index contributed by atoms with van der Waals surface area (Å²) in [6.45, 7) is 7.79. The van der Waals surface area contributed by atoms with Crippen LogP contribution in [-0.4, -0.2) is 23.9 Å². The highest BCUT2D eigenvalue weighted by Gasteiger charge is 2.48. The molecule has 1 unspecified atom stereocenters. The van der Waals surface area contributed by atoms with Crippen LogP contribution in [0.15, 0.2) is 53.4 Å². The number of nitrogens with zero attached hydrogens (tertiary/aromatic N) is 1. The van der Waals surface area contributed by atoms with E-state index >= 15 is 0 Å². The molecule has 1 amide bonds. The molecule has 1 aliphatic heterocycles. The first-order chi connectivity index (χ1) is 15.2. The summed E-state index contributed by atoms with van der Waals surface area (Å²) in [7, 11) is 1.58. The van der Waals surface area contributed by atoms with Crippen molar-refractivity contribution < 1.29 is 19.4 Å². The van der Waals surface area contributed by atoms with Crippen LogP contribution in [0.4, 0.5) is 5.69 Å². The van der Waals surface area contributed by atoms with Crippen molar-refractivity contribution in [3.8, 4) is 5.75 Å². The summed E-state index contributed by atoms with van der Waals surface area (Å²) in [5.74, 6) is -0.828. The first-order valence-electron chi connectivity index (χ1n) is 10.3. The number of rotatable bonds is 4. The number of hydrogen-bond donors (Lipinski definition) is 1. The summed E-state index contributed by atoms with van der Waals surface area (Å²) >= 11 is 1.47. The number of aliphatic hydroxyl groups is 1. The summed E-state index contributed by atoms with van der Waals surface area (Å²) in [6.07, 6.45) is 0. The molecule has 1 aromatic heterocycles. The van der Waals surface area contributed by atoms with Gasteiger partial charge in [0, 0.05) is 16.1 Å². The zero-order valence-corrected chi connectivity index (χ0v) is 19.5. The average molecular weight is 448 g/mol. The summed E-state index contributed by atoms with van der Waals surface area (Å²) in [4.78, 5) is 28.9. The number of carbonyl (C=O) groups excluding carboxylic acids is 2. The lowest BCUT2D eigenvalue weighted by atomic mass is 9.97. The van der Waals surface area contributed by atoms with Gasteiger partial charge in [0.05, 0.1) is 12.7 Å². The van der Waals surface area contributed by atoms with Crippen molar-refractivity contribution >= 4 is 34.5 Å². The summed E-state index contributed by atoms with van der Waals surface area (Å²) in [6, 6.07) is 12.2. The molecule has 0 aliphatic carbocycles. The van der Waals surface area contributed by atoms with Crippen molar-refractivity contribution in [1.82, 2.24) is 0 Å². The van der Waals surface area contributed by atoms with Gasteiger partial charge in [-0.3, -0.25) is 14.5 Å². The third-order valence-electron chi connectivity index (χ3n) is 6.03. The third-order valence-corrected chi connectivity index (χ3v) is 7.10. The number of anilines is 1.